The van der Waals surface area contributed by atoms with Crippen LogP contribution < -0.4 is 10.6 Å². The molecule has 1 aromatic heterocycles. The van der Waals surface area contributed by atoms with Crippen LogP contribution in [0.25, 0.3) is 0 Å². The van der Waals surface area contributed by atoms with Crippen LogP contribution in [0.3, 0.4) is 0 Å². The van der Waals surface area contributed by atoms with Crippen LogP contribution in [0.15, 0.2) is 18.3 Å². The third kappa shape index (κ3) is 2.96. The van der Waals surface area contributed by atoms with E-state index >= 15 is 0 Å². The molecule has 1 atom stereocenters. The van der Waals surface area contributed by atoms with E-state index in [9.17, 15) is 0 Å². The second-order valence-corrected chi connectivity index (χ2v) is 4.89. The molecular weight excluding hydrogens is 212 g/mol. The Bertz CT molecular complexity index is 349. The predicted molar refractivity (Wildman–Crippen MR) is 71.1 cm³/mol. The van der Waals surface area contributed by atoms with Gasteiger partial charge in [-0.25, -0.2) is 4.98 Å². The van der Waals surface area contributed by atoms with Gasteiger partial charge in [-0.15, -0.1) is 0 Å². The average molecular weight is 234 g/mol. The van der Waals surface area contributed by atoms with Crippen molar-refractivity contribution in [3.05, 3.63) is 23.9 Å². The Balaban J connectivity index is 2.13. The van der Waals surface area contributed by atoms with E-state index in [-0.39, 0.29) is 0 Å². The number of likely N-dealkylation sites (N-methyl/N-ethyl adjacent to an activating group) is 1. The monoisotopic (exact) mass is 234 g/mol. The van der Waals surface area contributed by atoms with Crippen molar-refractivity contribution in [2.24, 2.45) is 5.73 Å². The van der Waals surface area contributed by atoms with Crippen LogP contribution in [0.4, 0.5) is 5.82 Å². The molecule has 1 aliphatic rings. The Morgan fingerprint density at radius 2 is 2.24 bits per heavy atom. The smallest absolute Gasteiger partial charge is 0.128 e. The van der Waals surface area contributed by atoms with Crippen LogP contribution >= 0.6 is 0 Å². The normalized spacial score (nSPS) is 22.5. The van der Waals surface area contributed by atoms with Gasteiger partial charge in [0, 0.05) is 31.9 Å². The summed E-state index contributed by atoms with van der Waals surface area (Å²) in [5, 5.41) is 0. The first kappa shape index (κ1) is 12.3. The standard InChI is InChI=1S/C13H22N4/c1-11-10-16(2)6-3-7-17(11)13-5-4-12(8-14)9-15-13/h4-5,9,11H,3,6-8,10,14H2,1-2H3. The number of nitrogens with two attached hydrogens (primary N) is 1. The molecule has 1 aliphatic heterocycles. The van der Waals surface area contributed by atoms with Crippen molar-refractivity contribution in [3.63, 3.8) is 0 Å². The van der Waals surface area contributed by atoms with Gasteiger partial charge in [0.05, 0.1) is 0 Å². The van der Waals surface area contributed by atoms with E-state index in [1.165, 1.54) is 13.0 Å². The molecule has 2 N–H and O–H groups in total. The van der Waals surface area contributed by atoms with Gasteiger partial charge in [-0.3, -0.25) is 0 Å². The summed E-state index contributed by atoms with van der Waals surface area (Å²) in [6.07, 6.45) is 3.08. The molecule has 1 unspecified atom stereocenters. The lowest BCUT2D eigenvalue weighted by Crippen LogP contribution is -2.38. The van der Waals surface area contributed by atoms with E-state index in [0.29, 0.717) is 12.6 Å². The van der Waals surface area contributed by atoms with E-state index in [4.69, 9.17) is 5.73 Å². The van der Waals surface area contributed by atoms with Gasteiger partial charge < -0.3 is 15.5 Å². The van der Waals surface area contributed by atoms with Crippen molar-refractivity contribution in [1.29, 1.82) is 0 Å². The summed E-state index contributed by atoms with van der Waals surface area (Å²) in [4.78, 5) is 9.30. The van der Waals surface area contributed by atoms with E-state index < -0.39 is 0 Å². The quantitative estimate of drug-likeness (QED) is 0.831. The van der Waals surface area contributed by atoms with Crippen LogP contribution in [0, 0.1) is 0 Å². The molecule has 0 saturated carbocycles. The molecule has 0 bridgehead atoms. The summed E-state index contributed by atoms with van der Waals surface area (Å²) >= 11 is 0. The lowest BCUT2D eigenvalue weighted by Gasteiger charge is -2.29. The van der Waals surface area contributed by atoms with Crippen molar-refractivity contribution >= 4 is 5.82 Å². The summed E-state index contributed by atoms with van der Waals surface area (Å²) < 4.78 is 0. The van der Waals surface area contributed by atoms with Gasteiger partial charge in [0.2, 0.25) is 0 Å². The fourth-order valence-corrected chi connectivity index (χ4v) is 2.42. The highest BCUT2D eigenvalue weighted by Crippen LogP contribution is 2.17. The maximum Gasteiger partial charge on any atom is 0.128 e. The first-order valence-electron chi connectivity index (χ1n) is 6.31. The van der Waals surface area contributed by atoms with Crippen molar-refractivity contribution in [2.75, 3.05) is 31.6 Å². The van der Waals surface area contributed by atoms with Gasteiger partial charge >= 0.3 is 0 Å². The Hall–Kier alpha value is -1.13. The average Bonchev–Trinajstić information content (AvgIpc) is 2.50. The molecule has 1 saturated heterocycles. The van der Waals surface area contributed by atoms with Crippen molar-refractivity contribution in [2.45, 2.75) is 25.9 Å². The minimum absolute atomic E-state index is 0.513. The molecule has 0 spiro atoms. The molecule has 1 fully saturated rings. The molecule has 0 amide bonds. The van der Waals surface area contributed by atoms with E-state index in [0.717, 1.165) is 24.5 Å². The third-order valence-corrected chi connectivity index (χ3v) is 3.39. The summed E-state index contributed by atoms with van der Waals surface area (Å²) in [6, 6.07) is 4.67. The summed E-state index contributed by atoms with van der Waals surface area (Å²) in [5.74, 6) is 1.07. The maximum atomic E-state index is 5.59. The minimum atomic E-state index is 0.513. The van der Waals surface area contributed by atoms with Gasteiger partial charge in [0.1, 0.15) is 5.82 Å². The van der Waals surface area contributed by atoms with Gasteiger partial charge in [0.25, 0.3) is 0 Å². The number of hydrogen-bond donors (Lipinski definition) is 1. The largest absolute Gasteiger partial charge is 0.353 e. The lowest BCUT2D eigenvalue weighted by atomic mass is 10.2. The van der Waals surface area contributed by atoms with Crippen molar-refractivity contribution < 1.29 is 0 Å². The van der Waals surface area contributed by atoms with Crippen LogP contribution in [0.1, 0.15) is 18.9 Å². The highest BCUT2D eigenvalue weighted by atomic mass is 15.3. The topological polar surface area (TPSA) is 45.4 Å². The zero-order chi connectivity index (χ0) is 12.3. The van der Waals surface area contributed by atoms with Crippen molar-refractivity contribution in [3.8, 4) is 0 Å². The molecule has 94 valence electrons. The molecule has 0 aromatic carbocycles. The van der Waals surface area contributed by atoms with E-state index in [1.54, 1.807) is 0 Å². The lowest BCUT2D eigenvalue weighted by molar-refractivity contribution is 0.337. The molecule has 0 aliphatic carbocycles. The van der Waals surface area contributed by atoms with Gasteiger partial charge in [-0.05, 0) is 38.6 Å². The Labute approximate surface area is 103 Å². The minimum Gasteiger partial charge on any atom is -0.353 e. The first-order chi connectivity index (χ1) is 8.20. The van der Waals surface area contributed by atoms with Crippen LogP contribution in [-0.4, -0.2) is 42.6 Å². The van der Waals surface area contributed by atoms with Gasteiger partial charge in [0.15, 0.2) is 0 Å². The van der Waals surface area contributed by atoms with Crippen LogP contribution in [0.2, 0.25) is 0 Å². The highest BCUT2D eigenvalue weighted by Gasteiger charge is 2.20. The maximum absolute atomic E-state index is 5.59. The van der Waals surface area contributed by atoms with E-state index in [1.807, 2.05) is 6.20 Å². The molecule has 1 aromatic rings. The number of hydrogen-bond acceptors (Lipinski definition) is 4. The number of aromatic nitrogens is 1. The second kappa shape index (κ2) is 5.47. The fraction of sp³-hybridized carbons (Fsp3) is 0.615. The molecule has 0 radical (unpaired) electrons. The number of nitrogens with zero attached hydrogens (tertiary/aromatic N) is 3. The molecular formula is C13H22N4. The second-order valence-electron chi connectivity index (χ2n) is 4.89. The molecule has 4 nitrogen and oxygen atoms in total. The SMILES string of the molecule is CC1CN(C)CCCN1c1ccc(CN)cn1. The predicted octanol–water partition coefficient (Wildman–Crippen LogP) is 1.07. The molecule has 17 heavy (non-hydrogen) atoms. The molecule has 4 heteroatoms. The summed E-state index contributed by atoms with van der Waals surface area (Å²) in [6.45, 7) is 6.18. The first-order valence-corrected chi connectivity index (χ1v) is 6.31. The summed E-state index contributed by atoms with van der Waals surface area (Å²) in [7, 11) is 2.19. The van der Waals surface area contributed by atoms with Crippen molar-refractivity contribution in [1.82, 2.24) is 9.88 Å². The number of rotatable bonds is 2. The summed E-state index contributed by atoms with van der Waals surface area (Å²) in [5.41, 5.74) is 6.68. The third-order valence-electron chi connectivity index (χ3n) is 3.39. The van der Waals surface area contributed by atoms with Gasteiger partial charge in [-0.1, -0.05) is 6.07 Å². The molecule has 2 heterocycles. The zero-order valence-corrected chi connectivity index (χ0v) is 10.8. The Morgan fingerprint density at radius 1 is 1.41 bits per heavy atom. The van der Waals surface area contributed by atoms with Crippen LogP contribution in [0.5, 0.6) is 0 Å². The fourth-order valence-electron chi connectivity index (χ4n) is 2.42. The Kier molecular flexibility index (Phi) is 3.97. The number of pyridine rings is 1. The number of anilines is 1. The van der Waals surface area contributed by atoms with E-state index in [2.05, 4.69) is 40.9 Å². The Morgan fingerprint density at radius 3 is 2.88 bits per heavy atom. The zero-order valence-electron chi connectivity index (χ0n) is 10.8. The highest BCUT2D eigenvalue weighted by molar-refractivity contribution is 5.40. The van der Waals surface area contributed by atoms with Gasteiger partial charge in [-0.2, -0.15) is 0 Å². The van der Waals surface area contributed by atoms with Crippen LogP contribution in [-0.2, 0) is 6.54 Å². The molecule has 2 rings (SSSR count).